The van der Waals surface area contributed by atoms with Gasteiger partial charge in [-0.15, -0.1) is 0 Å². The number of rotatable bonds is 4. The summed E-state index contributed by atoms with van der Waals surface area (Å²) in [5.41, 5.74) is 3.94. The van der Waals surface area contributed by atoms with E-state index in [-0.39, 0.29) is 6.10 Å². The van der Waals surface area contributed by atoms with Crippen LogP contribution in [0.3, 0.4) is 0 Å². The summed E-state index contributed by atoms with van der Waals surface area (Å²) < 4.78 is 26.2. The quantitative estimate of drug-likeness (QED) is 0.422. The zero-order chi connectivity index (χ0) is 23.8. The Balaban J connectivity index is 1.60. The maximum Gasteiger partial charge on any atom is 0.228 e. The third-order valence-electron chi connectivity index (χ3n) is 5.81. The van der Waals surface area contributed by atoms with E-state index >= 15 is 0 Å². The van der Waals surface area contributed by atoms with E-state index in [4.69, 9.17) is 31.0 Å². The van der Waals surface area contributed by atoms with E-state index in [1.807, 2.05) is 30.9 Å². The van der Waals surface area contributed by atoms with Gasteiger partial charge in [0.05, 0.1) is 31.6 Å². The summed E-state index contributed by atoms with van der Waals surface area (Å²) >= 11 is 5.98. The summed E-state index contributed by atoms with van der Waals surface area (Å²) in [6.07, 6.45) is 1.46. The SMILES string of the molecule is COc1cc([C@@H]2CN(c3nc(-c4ccc(Cl)cc4F)c4nc(C)c(C)nc4n3)CCO2)ccn1. The van der Waals surface area contributed by atoms with Gasteiger partial charge in [-0.2, -0.15) is 4.98 Å². The average Bonchev–Trinajstić information content (AvgIpc) is 2.84. The Morgan fingerprint density at radius 1 is 1.09 bits per heavy atom. The third-order valence-corrected chi connectivity index (χ3v) is 6.04. The Morgan fingerprint density at radius 3 is 2.71 bits per heavy atom. The molecular formula is C24H22ClFN6O2. The molecule has 0 saturated carbocycles. The fourth-order valence-corrected chi connectivity index (χ4v) is 4.04. The van der Waals surface area contributed by atoms with Gasteiger partial charge in [0.25, 0.3) is 0 Å². The summed E-state index contributed by atoms with van der Waals surface area (Å²) in [6, 6.07) is 8.24. The van der Waals surface area contributed by atoms with Crippen molar-refractivity contribution in [3.8, 4) is 17.1 Å². The number of methoxy groups -OCH3 is 1. The number of nitrogens with zero attached hydrogens (tertiary/aromatic N) is 6. The van der Waals surface area contributed by atoms with Crippen molar-refractivity contribution in [3.05, 3.63) is 64.3 Å². The first-order chi connectivity index (χ1) is 16.4. The van der Waals surface area contributed by atoms with Crippen LogP contribution in [-0.2, 0) is 4.74 Å². The maximum atomic E-state index is 14.9. The Bertz CT molecular complexity index is 1390. The number of aryl methyl sites for hydroxylation is 2. The molecular weight excluding hydrogens is 459 g/mol. The van der Waals surface area contributed by atoms with Gasteiger partial charge < -0.3 is 14.4 Å². The van der Waals surface area contributed by atoms with E-state index in [0.717, 1.165) is 17.0 Å². The second-order valence-corrected chi connectivity index (χ2v) is 8.44. The van der Waals surface area contributed by atoms with Crippen molar-refractivity contribution in [2.45, 2.75) is 20.0 Å². The summed E-state index contributed by atoms with van der Waals surface area (Å²) in [6.45, 7) is 5.27. The molecule has 0 N–H and O–H groups in total. The molecule has 1 saturated heterocycles. The number of halogens is 2. The van der Waals surface area contributed by atoms with Crippen molar-refractivity contribution in [1.82, 2.24) is 24.9 Å². The standard InChI is InChI=1S/C24H22ClFN6O2/c1-13-14(2)29-23-22(28-13)21(17-5-4-16(25)11-18(17)26)30-24(31-23)32-8-9-34-19(12-32)15-6-7-27-20(10-15)33-3/h4-7,10-11,19H,8-9,12H2,1-3H3/t19-/m0/s1. The molecule has 8 nitrogen and oxygen atoms in total. The molecule has 1 aliphatic rings. The Kier molecular flexibility index (Phi) is 5.97. The molecule has 0 spiro atoms. The van der Waals surface area contributed by atoms with Gasteiger partial charge >= 0.3 is 0 Å². The van der Waals surface area contributed by atoms with E-state index in [1.165, 1.54) is 6.07 Å². The Labute approximate surface area is 200 Å². The van der Waals surface area contributed by atoms with E-state index in [0.29, 0.717) is 59.0 Å². The number of hydrogen-bond acceptors (Lipinski definition) is 8. The van der Waals surface area contributed by atoms with Gasteiger partial charge in [-0.25, -0.2) is 24.3 Å². The highest BCUT2D eigenvalue weighted by atomic mass is 35.5. The van der Waals surface area contributed by atoms with Gasteiger partial charge in [0, 0.05) is 29.4 Å². The lowest BCUT2D eigenvalue weighted by Gasteiger charge is -2.33. The highest BCUT2D eigenvalue weighted by Crippen LogP contribution is 2.32. The number of benzene rings is 1. The number of morpholine rings is 1. The summed E-state index contributed by atoms with van der Waals surface area (Å²) in [5.74, 6) is 0.465. The lowest BCUT2D eigenvalue weighted by Crippen LogP contribution is -2.39. The molecule has 1 atom stereocenters. The van der Waals surface area contributed by atoms with E-state index in [1.54, 1.807) is 25.4 Å². The van der Waals surface area contributed by atoms with Crippen LogP contribution in [0.4, 0.5) is 10.3 Å². The zero-order valence-corrected chi connectivity index (χ0v) is 19.7. The predicted octanol–water partition coefficient (Wildman–Crippen LogP) is 4.48. The predicted molar refractivity (Wildman–Crippen MR) is 127 cm³/mol. The van der Waals surface area contributed by atoms with Crippen molar-refractivity contribution in [2.75, 3.05) is 31.7 Å². The zero-order valence-electron chi connectivity index (χ0n) is 18.9. The van der Waals surface area contributed by atoms with Gasteiger partial charge in [-0.05, 0) is 43.7 Å². The average molecular weight is 481 g/mol. The smallest absolute Gasteiger partial charge is 0.228 e. The molecule has 3 aromatic heterocycles. The minimum atomic E-state index is -0.484. The number of hydrogen-bond donors (Lipinski definition) is 0. The summed E-state index contributed by atoms with van der Waals surface area (Å²) in [4.78, 5) is 24.9. The maximum absolute atomic E-state index is 14.9. The van der Waals surface area contributed by atoms with Crippen LogP contribution in [-0.4, -0.2) is 51.7 Å². The van der Waals surface area contributed by atoms with Crippen LogP contribution in [0.15, 0.2) is 36.5 Å². The molecule has 0 aliphatic carbocycles. The normalized spacial score (nSPS) is 16.1. The van der Waals surface area contributed by atoms with Gasteiger partial charge in [-0.3, -0.25) is 0 Å². The third kappa shape index (κ3) is 4.24. The molecule has 5 rings (SSSR count). The number of ether oxygens (including phenoxy) is 2. The number of aromatic nitrogens is 5. The van der Waals surface area contributed by atoms with Crippen molar-refractivity contribution >= 4 is 28.7 Å². The van der Waals surface area contributed by atoms with Gasteiger partial charge in [0.15, 0.2) is 5.65 Å². The molecule has 4 heterocycles. The summed E-state index contributed by atoms with van der Waals surface area (Å²) in [5, 5.41) is 0.307. The first-order valence-corrected chi connectivity index (χ1v) is 11.2. The Morgan fingerprint density at radius 2 is 1.91 bits per heavy atom. The molecule has 1 fully saturated rings. The first kappa shape index (κ1) is 22.4. The molecule has 0 bridgehead atoms. The van der Waals surface area contributed by atoms with Crippen molar-refractivity contribution in [2.24, 2.45) is 0 Å². The molecule has 1 aromatic carbocycles. The molecule has 1 aliphatic heterocycles. The fraction of sp³-hybridized carbons (Fsp3) is 0.292. The van der Waals surface area contributed by atoms with E-state index < -0.39 is 5.82 Å². The molecule has 0 radical (unpaired) electrons. The molecule has 10 heteroatoms. The molecule has 0 amide bonds. The van der Waals surface area contributed by atoms with Crippen molar-refractivity contribution in [3.63, 3.8) is 0 Å². The van der Waals surface area contributed by atoms with E-state index in [9.17, 15) is 4.39 Å². The molecule has 34 heavy (non-hydrogen) atoms. The van der Waals surface area contributed by atoms with Crippen LogP contribution < -0.4 is 9.64 Å². The van der Waals surface area contributed by atoms with Crippen LogP contribution in [0.25, 0.3) is 22.4 Å². The van der Waals surface area contributed by atoms with Gasteiger partial charge in [0.1, 0.15) is 23.1 Å². The lowest BCUT2D eigenvalue weighted by atomic mass is 10.1. The Hall–Kier alpha value is -3.43. The highest BCUT2D eigenvalue weighted by molar-refractivity contribution is 6.30. The first-order valence-electron chi connectivity index (χ1n) is 10.8. The van der Waals surface area contributed by atoms with Crippen LogP contribution in [0.5, 0.6) is 5.88 Å². The highest BCUT2D eigenvalue weighted by Gasteiger charge is 2.26. The van der Waals surface area contributed by atoms with E-state index in [2.05, 4.69) is 15.0 Å². The number of fused-ring (bicyclic) bond motifs is 1. The molecule has 174 valence electrons. The topological polar surface area (TPSA) is 86.2 Å². The van der Waals surface area contributed by atoms with Gasteiger partial charge in [-0.1, -0.05) is 11.6 Å². The molecule has 4 aromatic rings. The summed E-state index contributed by atoms with van der Waals surface area (Å²) in [7, 11) is 1.57. The largest absolute Gasteiger partial charge is 0.481 e. The van der Waals surface area contributed by atoms with Crippen LogP contribution >= 0.6 is 11.6 Å². The second kappa shape index (κ2) is 9.08. The van der Waals surface area contributed by atoms with Crippen LogP contribution in [0.2, 0.25) is 5.02 Å². The van der Waals surface area contributed by atoms with Crippen LogP contribution in [0, 0.1) is 19.7 Å². The van der Waals surface area contributed by atoms with Crippen molar-refractivity contribution in [1.29, 1.82) is 0 Å². The fourth-order valence-electron chi connectivity index (χ4n) is 3.88. The van der Waals surface area contributed by atoms with Crippen molar-refractivity contribution < 1.29 is 13.9 Å². The van der Waals surface area contributed by atoms with Crippen LogP contribution in [0.1, 0.15) is 23.1 Å². The minimum absolute atomic E-state index is 0.230. The second-order valence-electron chi connectivity index (χ2n) is 8.00. The lowest BCUT2D eigenvalue weighted by molar-refractivity contribution is 0.0390. The number of anilines is 1. The molecule has 0 unspecified atom stereocenters. The number of pyridine rings is 1. The minimum Gasteiger partial charge on any atom is -0.481 e. The van der Waals surface area contributed by atoms with Gasteiger partial charge in [0.2, 0.25) is 11.8 Å². The monoisotopic (exact) mass is 480 g/mol.